The fourth-order valence-corrected chi connectivity index (χ4v) is 4.85. The van der Waals surface area contributed by atoms with E-state index < -0.39 is 10.2 Å². The summed E-state index contributed by atoms with van der Waals surface area (Å²) < 4.78 is 29.1. The van der Waals surface area contributed by atoms with E-state index in [1.165, 1.54) is 22.0 Å². The molecule has 1 atom stereocenters. The third-order valence-electron chi connectivity index (χ3n) is 4.83. The van der Waals surface area contributed by atoms with Gasteiger partial charge in [0, 0.05) is 25.0 Å². The topological polar surface area (TPSA) is 52.7 Å². The highest BCUT2D eigenvalue weighted by molar-refractivity contribution is 7.87. The zero-order valence-corrected chi connectivity index (χ0v) is 16.7. The maximum Gasteiger partial charge on any atom is 0.279 e. The molecule has 1 saturated heterocycles. The molecule has 0 aliphatic carbocycles. The Balaban J connectivity index is 2.01. The lowest BCUT2D eigenvalue weighted by Crippen LogP contribution is -2.45. The Kier molecular flexibility index (Phi) is 7.68. The summed E-state index contributed by atoms with van der Waals surface area (Å²) in [5.74, 6) is 0.766. The van der Waals surface area contributed by atoms with Crippen molar-refractivity contribution >= 4 is 21.5 Å². The third-order valence-corrected chi connectivity index (χ3v) is 7.33. The van der Waals surface area contributed by atoms with Crippen molar-refractivity contribution in [2.75, 3.05) is 33.2 Å². The molecule has 1 aliphatic rings. The van der Waals surface area contributed by atoms with E-state index in [0.717, 1.165) is 31.8 Å². The van der Waals surface area contributed by atoms with Gasteiger partial charge >= 0.3 is 0 Å². The molecular formula is C17H31N3O2S2. The van der Waals surface area contributed by atoms with Crippen molar-refractivity contribution < 1.29 is 8.42 Å². The van der Waals surface area contributed by atoms with Crippen molar-refractivity contribution in [1.29, 1.82) is 0 Å². The average Bonchev–Trinajstić information content (AvgIpc) is 3.08. The summed E-state index contributed by atoms with van der Waals surface area (Å²) in [6, 6.07) is 4.29. The molecule has 0 radical (unpaired) electrons. The Hall–Kier alpha value is -0.470. The lowest BCUT2D eigenvalue weighted by molar-refractivity contribution is 0.140. The van der Waals surface area contributed by atoms with Gasteiger partial charge < -0.3 is 0 Å². The standard InChI is InChI=1S/C17H31N3O2S2/c1-4-5-10-19(3)24(21,22)18-14-16(17-7-6-13-23-17)20-11-8-15(2)9-12-20/h6-7,13,15-16,18H,4-5,8-12,14H2,1-3H3. The molecule has 5 nitrogen and oxygen atoms in total. The Morgan fingerprint density at radius 3 is 2.71 bits per heavy atom. The summed E-state index contributed by atoms with van der Waals surface area (Å²) in [6.07, 6.45) is 4.25. The first kappa shape index (κ1) is 19.8. The highest BCUT2D eigenvalue weighted by Crippen LogP contribution is 2.29. The van der Waals surface area contributed by atoms with E-state index in [-0.39, 0.29) is 6.04 Å². The highest BCUT2D eigenvalue weighted by atomic mass is 32.2. The fraction of sp³-hybridized carbons (Fsp3) is 0.765. The predicted octanol–water partition coefficient (Wildman–Crippen LogP) is 3.09. The van der Waals surface area contributed by atoms with Crippen LogP contribution in [0.15, 0.2) is 17.5 Å². The fourth-order valence-electron chi connectivity index (χ4n) is 3.03. The normalized spacial score (nSPS) is 19.0. The number of hydrogen-bond acceptors (Lipinski definition) is 4. The summed E-state index contributed by atoms with van der Waals surface area (Å²) in [5, 5.41) is 2.07. The molecule has 24 heavy (non-hydrogen) atoms. The minimum Gasteiger partial charge on any atom is -0.294 e. The van der Waals surface area contributed by atoms with E-state index in [4.69, 9.17) is 0 Å². The molecule has 0 aromatic carbocycles. The molecule has 0 amide bonds. The van der Waals surface area contributed by atoms with Crippen molar-refractivity contribution in [2.24, 2.45) is 5.92 Å². The second kappa shape index (κ2) is 9.29. The number of nitrogens with zero attached hydrogens (tertiary/aromatic N) is 2. The minimum absolute atomic E-state index is 0.131. The van der Waals surface area contributed by atoms with Crippen LogP contribution in [0.3, 0.4) is 0 Å². The van der Waals surface area contributed by atoms with Crippen molar-refractivity contribution in [3.05, 3.63) is 22.4 Å². The first-order chi connectivity index (χ1) is 11.4. The molecule has 7 heteroatoms. The van der Waals surface area contributed by atoms with E-state index in [1.54, 1.807) is 18.4 Å². The van der Waals surface area contributed by atoms with Gasteiger partial charge in [-0.2, -0.15) is 12.7 Å². The first-order valence-electron chi connectivity index (χ1n) is 8.92. The zero-order valence-electron chi connectivity index (χ0n) is 15.1. The van der Waals surface area contributed by atoms with Crippen LogP contribution in [0.4, 0.5) is 0 Å². The van der Waals surface area contributed by atoms with Crippen LogP contribution in [0.5, 0.6) is 0 Å². The molecule has 1 aliphatic heterocycles. The second-order valence-corrected chi connectivity index (χ2v) is 9.62. The maximum absolute atomic E-state index is 12.4. The van der Waals surface area contributed by atoms with Crippen LogP contribution in [0.25, 0.3) is 0 Å². The lowest BCUT2D eigenvalue weighted by Gasteiger charge is -2.36. The zero-order chi connectivity index (χ0) is 17.6. The maximum atomic E-state index is 12.4. The third kappa shape index (κ3) is 5.52. The molecule has 1 N–H and O–H groups in total. The summed E-state index contributed by atoms with van der Waals surface area (Å²) in [7, 11) is -1.75. The summed E-state index contributed by atoms with van der Waals surface area (Å²) >= 11 is 1.71. The number of likely N-dealkylation sites (tertiary alicyclic amines) is 1. The van der Waals surface area contributed by atoms with Gasteiger partial charge in [0.15, 0.2) is 0 Å². The lowest BCUT2D eigenvalue weighted by atomic mass is 9.97. The van der Waals surface area contributed by atoms with Crippen LogP contribution in [-0.4, -0.2) is 50.8 Å². The van der Waals surface area contributed by atoms with Crippen molar-refractivity contribution in [1.82, 2.24) is 13.9 Å². The van der Waals surface area contributed by atoms with Gasteiger partial charge in [-0.05, 0) is 49.7 Å². The van der Waals surface area contributed by atoms with Crippen LogP contribution < -0.4 is 4.72 Å². The van der Waals surface area contributed by atoms with Crippen LogP contribution in [0.2, 0.25) is 0 Å². The first-order valence-corrected chi connectivity index (χ1v) is 11.2. The van der Waals surface area contributed by atoms with Gasteiger partial charge in [0.05, 0.1) is 6.04 Å². The van der Waals surface area contributed by atoms with Gasteiger partial charge in [0.2, 0.25) is 0 Å². The monoisotopic (exact) mass is 373 g/mol. The summed E-state index contributed by atoms with van der Waals surface area (Å²) in [5.41, 5.74) is 0. The van der Waals surface area contributed by atoms with Crippen molar-refractivity contribution in [3.63, 3.8) is 0 Å². The average molecular weight is 374 g/mol. The number of piperidine rings is 1. The molecule has 1 aromatic rings. The largest absolute Gasteiger partial charge is 0.294 e. The molecular weight excluding hydrogens is 342 g/mol. The number of thiophene rings is 1. The molecule has 0 bridgehead atoms. The van der Waals surface area contributed by atoms with Crippen molar-refractivity contribution in [3.8, 4) is 0 Å². The smallest absolute Gasteiger partial charge is 0.279 e. The van der Waals surface area contributed by atoms with Gasteiger partial charge in [-0.15, -0.1) is 11.3 Å². The Morgan fingerprint density at radius 1 is 1.42 bits per heavy atom. The molecule has 0 saturated carbocycles. The van der Waals surface area contributed by atoms with Gasteiger partial charge in [-0.25, -0.2) is 4.72 Å². The second-order valence-electron chi connectivity index (χ2n) is 6.78. The molecule has 1 fully saturated rings. The van der Waals surface area contributed by atoms with Crippen molar-refractivity contribution in [2.45, 2.75) is 45.6 Å². The molecule has 2 heterocycles. The van der Waals surface area contributed by atoms with E-state index in [0.29, 0.717) is 13.1 Å². The summed E-state index contributed by atoms with van der Waals surface area (Å²) in [6.45, 7) is 7.44. The molecule has 138 valence electrons. The quantitative estimate of drug-likeness (QED) is 0.724. The molecule has 0 spiro atoms. The van der Waals surface area contributed by atoms with Gasteiger partial charge in [-0.1, -0.05) is 26.3 Å². The van der Waals surface area contributed by atoms with Crippen LogP contribution in [0.1, 0.15) is 50.4 Å². The van der Waals surface area contributed by atoms with E-state index >= 15 is 0 Å². The van der Waals surface area contributed by atoms with Crippen LogP contribution in [0, 0.1) is 5.92 Å². The SMILES string of the molecule is CCCCN(C)S(=O)(=O)NCC(c1cccs1)N1CCC(C)CC1. The van der Waals surface area contributed by atoms with Crippen LogP contribution >= 0.6 is 11.3 Å². The van der Waals surface area contributed by atoms with Gasteiger partial charge in [0.1, 0.15) is 0 Å². The molecule has 1 unspecified atom stereocenters. The van der Waals surface area contributed by atoms with E-state index in [9.17, 15) is 8.42 Å². The Morgan fingerprint density at radius 2 is 2.12 bits per heavy atom. The summed E-state index contributed by atoms with van der Waals surface area (Å²) in [4.78, 5) is 3.67. The Labute approximate surface area is 151 Å². The van der Waals surface area contributed by atoms with Gasteiger partial charge in [0.25, 0.3) is 10.2 Å². The number of unbranched alkanes of at least 4 members (excludes halogenated alkanes) is 1. The number of rotatable bonds is 9. The number of nitrogens with one attached hydrogen (secondary N) is 1. The van der Waals surface area contributed by atoms with E-state index in [1.807, 2.05) is 6.07 Å². The van der Waals surface area contributed by atoms with E-state index in [2.05, 4.69) is 34.9 Å². The van der Waals surface area contributed by atoms with Gasteiger partial charge in [-0.3, -0.25) is 4.90 Å². The Bertz CT molecular complexity index is 567. The molecule has 2 rings (SSSR count). The molecule has 1 aromatic heterocycles. The minimum atomic E-state index is -3.41. The van der Waals surface area contributed by atoms with Crippen LogP contribution in [-0.2, 0) is 10.2 Å². The highest BCUT2D eigenvalue weighted by Gasteiger charge is 2.27. The predicted molar refractivity (Wildman–Crippen MR) is 101 cm³/mol. The number of hydrogen-bond donors (Lipinski definition) is 1.